The molecule has 0 amide bonds. The molecular formula is C15H16BrNO3S. The second kappa shape index (κ2) is 6.60. The van der Waals surface area contributed by atoms with Gasteiger partial charge in [0.05, 0.1) is 12.0 Å². The summed E-state index contributed by atoms with van der Waals surface area (Å²) < 4.78 is 32.2. The average Bonchev–Trinajstić information content (AvgIpc) is 2.47. The fourth-order valence-corrected chi connectivity index (χ4v) is 4.05. The largest absolute Gasteiger partial charge is 0.497 e. The van der Waals surface area contributed by atoms with Crippen LogP contribution in [0.4, 0.5) is 0 Å². The molecule has 0 fully saturated rings. The quantitative estimate of drug-likeness (QED) is 0.812. The fourth-order valence-electron chi connectivity index (χ4n) is 1.93. The summed E-state index contributed by atoms with van der Waals surface area (Å²) in [6.45, 7) is 0.279. The predicted molar refractivity (Wildman–Crippen MR) is 85.8 cm³/mol. The van der Waals surface area contributed by atoms with Gasteiger partial charge in [-0.25, -0.2) is 8.42 Å². The van der Waals surface area contributed by atoms with Gasteiger partial charge in [0.2, 0.25) is 10.0 Å². The van der Waals surface area contributed by atoms with Gasteiger partial charge in [-0.2, -0.15) is 4.31 Å². The standard InChI is InChI=1S/C15H16BrNO3S/c1-17(11-12-6-5-7-13(10-12)20-2)21(18,19)15-9-4-3-8-14(15)16/h3-10H,11H2,1-2H3. The molecule has 0 radical (unpaired) electrons. The molecule has 0 heterocycles. The Kier molecular flexibility index (Phi) is 5.03. The van der Waals surface area contributed by atoms with Crippen LogP contribution in [0.5, 0.6) is 5.75 Å². The van der Waals surface area contributed by atoms with Crippen molar-refractivity contribution in [3.8, 4) is 5.75 Å². The second-order valence-corrected chi connectivity index (χ2v) is 7.41. The summed E-state index contributed by atoms with van der Waals surface area (Å²) in [6.07, 6.45) is 0. The zero-order valence-electron chi connectivity index (χ0n) is 11.8. The van der Waals surface area contributed by atoms with Gasteiger partial charge in [-0.3, -0.25) is 0 Å². The van der Waals surface area contributed by atoms with Crippen molar-refractivity contribution in [2.24, 2.45) is 0 Å². The smallest absolute Gasteiger partial charge is 0.244 e. The van der Waals surface area contributed by atoms with Crippen molar-refractivity contribution >= 4 is 26.0 Å². The third kappa shape index (κ3) is 3.64. The van der Waals surface area contributed by atoms with Crippen molar-refractivity contribution in [2.75, 3.05) is 14.2 Å². The van der Waals surface area contributed by atoms with Crippen LogP contribution in [-0.2, 0) is 16.6 Å². The van der Waals surface area contributed by atoms with Crippen molar-refractivity contribution in [1.29, 1.82) is 0 Å². The summed E-state index contributed by atoms with van der Waals surface area (Å²) in [5.41, 5.74) is 0.868. The van der Waals surface area contributed by atoms with Crippen LogP contribution in [0.15, 0.2) is 57.9 Å². The van der Waals surface area contributed by atoms with Crippen LogP contribution in [0.25, 0.3) is 0 Å². The molecule has 0 aliphatic carbocycles. The van der Waals surface area contributed by atoms with E-state index in [2.05, 4.69) is 15.9 Å². The minimum absolute atomic E-state index is 0.260. The number of ether oxygens (including phenoxy) is 1. The Labute approximate surface area is 133 Å². The van der Waals surface area contributed by atoms with Gasteiger partial charge < -0.3 is 4.74 Å². The van der Waals surface area contributed by atoms with Crippen LogP contribution in [0.1, 0.15) is 5.56 Å². The second-order valence-electron chi connectivity index (χ2n) is 4.54. The molecule has 0 saturated heterocycles. The maximum absolute atomic E-state index is 12.6. The molecule has 2 aromatic carbocycles. The summed E-state index contributed by atoms with van der Waals surface area (Å²) in [5, 5.41) is 0. The highest BCUT2D eigenvalue weighted by Crippen LogP contribution is 2.25. The molecule has 2 aromatic rings. The highest BCUT2D eigenvalue weighted by Gasteiger charge is 2.23. The number of hydrogen-bond donors (Lipinski definition) is 0. The average molecular weight is 370 g/mol. The Balaban J connectivity index is 2.27. The van der Waals surface area contributed by atoms with Crippen LogP contribution in [0.2, 0.25) is 0 Å². The molecule has 6 heteroatoms. The Morgan fingerprint density at radius 2 is 1.86 bits per heavy atom. The molecule has 2 rings (SSSR count). The molecule has 0 N–H and O–H groups in total. The van der Waals surface area contributed by atoms with Crippen molar-refractivity contribution in [3.63, 3.8) is 0 Å². The number of nitrogens with zero attached hydrogens (tertiary/aromatic N) is 1. The molecule has 112 valence electrons. The van der Waals surface area contributed by atoms with E-state index in [1.54, 1.807) is 38.4 Å². The Morgan fingerprint density at radius 3 is 2.52 bits per heavy atom. The van der Waals surface area contributed by atoms with E-state index in [9.17, 15) is 8.42 Å². The molecule has 0 aliphatic heterocycles. The first-order valence-electron chi connectivity index (χ1n) is 6.29. The van der Waals surface area contributed by atoms with Crippen LogP contribution < -0.4 is 4.74 Å². The molecular weight excluding hydrogens is 354 g/mol. The maximum atomic E-state index is 12.6. The summed E-state index contributed by atoms with van der Waals surface area (Å²) in [7, 11) is -0.394. The molecule has 0 saturated carbocycles. The Hall–Kier alpha value is -1.37. The Morgan fingerprint density at radius 1 is 1.14 bits per heavy atom. The third-order valence-electron chi connectivity index (χ3n) is 3.06. The van der Waals surface area contributed by atoms with Gasteiger partial charge in [-0.15, -0.1) is 0 Å². The zero-order chi connectivity index (χ0) is 15.5. The van der Waals surface area contributed by atoms with E-state index in [1.165, 1.54) is 4.31 Å². The monoisotopic (exact) mass is 369 g/mol. The first-order chi connectivity index (χ1) is 9.95. The first-order valence-corrected chi connectivity index (χ1v) is 8.52. The van der Waals surface area contributed by atoms with Gasteiger partial charge in [0.1, 0.15) is 5.75 Å². The fraction of sp³-hybridized carbons (Fsp3) is 0.200. The van der Waals surface area contributed by atoms with Gasteiger partial charge in [0, 0.05) is 18.1 Å². The number of benzene rings is 2. The maximum Gasteiger partial charge on any atom is 0.244 e. The highest BCUT2D eigenvalue weighted by molar-refractivity contribution is 9.10. The van der Waals surface area contributed by atoms with E-state index < -0.39 is 10.0 Å². The minimum atomic E-state index is -3.54. The normalized spacial score (nSPS) is 11.6. The van der Waals surface area contributed by atoms with Crippen LogP contribution >= 0.6 is 15.9 Å². The topological polar surface area (TPSA) is 46.6 Å². The lowest BCUT2D eigenvalue weighted by Gasteiger charge is -2.18. The van der Waals surface area contributed by atoms with Crippen LogP contribution in [0.3, 0.4) is 0 Å². The highest BCUT2D eigenvalue weighted by atomic mass is 79.9. The summed E-state index contributed by atoms with van der Waals surface area (Å²) >= 11 is 3.28. The van der Waals surface area contributed by atoms with Crippen molar-refractivity contribution in [1.82, 2.24) is 4.31 Å². The summed E-state index contributed by atoms with van der Waals surface area (Å²) in [4.78, 5) is 0.260. The lowest BCUT2D eigenvalue weighted by Crippen LogP contribution is -2.26. The molecule has 0 spiro atoms. The van der Waals surface area contributed by atoms with E-state index in [0.29, 0.717) is 10.2 Å². The lowest BCUT2D eigenvalue weighted by molar-refractivity contribution is 0.412. The van der Waals surface area contributed by atoms with Crippen molar-refractivity contribution in [3.05, 3.63) is 58.6 Å². The number of rotatable bonds is 5. The number of methoxy groups -OCH3 is 1. The molecule has 0 aromatic heterocycles. The van der Waals surface area contributed by atoms with E-state index in [1.807, 2.05) is 24.3 Å². The minimum Gasteiger partial charge on any atom is -0.497 e. The van der Waals surface area contributed by atoms with Gasteiger partial charge >= 0.3 is 0 Å². The van der Waals surface area contributed by atoms with Crippen LogP contribution in [-0.4, -0.2) is 26.9 Å². The van der Waals surface area contributed by atoms with E-state index in [0.717, 1.165) is 5.56 Å². The number of sulfonamides is 1. The van der Waals surface area contributed by atoms with E-state index in [-0.39, 0.29) is 11.4 Å². The lowest BCUT2D eigenvalue weighted by atomic mass is 10.2. The zero-order valence-corrected chi connectivity index (χ0v) is 14.2. The third-order valence-corrected chi connectivity index (χ3v) is 5.88. The van der Waals surface area contributed by atoms with Gasteiger partial charge in [-0.1, -0.05) is 24.3 Å². The molecule has 0 unspecified atom stereocenters. The van der Waals surface area contributed by atoms with E-state index in [4.69, 9.17) is 4.74 Å². The summed E-state index contributed by atoms with van der Waals surface area (Å²) in [6, 6.07) is 14.1. The molecule has 4 nitrogen and oxygen atoms in total. The van der Waals surface area contributed by atoms with Crippen LogP contribution in [0, 0.1) is 0 Å². The van der Waals surface area contributed by atoms with Gasteiger partial charge in [0.25, 0.3) is 0 Å². The molecule has 0 atom stereocenters. The van der Waals surface area contributed by atoms with E-state index >= 15 is 0 Å². The van der Waals surface area contributed by atoms with Gasteiger partial charge in [-0.05, 0) is 45.8 Å². The summed E-state index contributed by atoms with van der Waals surface area (Å²) in [5.74, 6) is 0.708. The number of halogens is 1. The molecule has 21 heavy (non-hydrogen) atoms. The predicted octanol–water partition coefficient (Wildman–Crippen LogP) is 3.28. The molecule has 0 bridgehead atoms. The van der Waals surface area contributed by atoms with Crippen molar-refractivity contribution < 1.29 is 13.2 Å². The number of hydrogen-bond acceptors (Lipinski definition) is 3. The van der Waals surface area contributed by atoms with Crippen molar-refractivity contribution in [2.45, 2.75) is 11.4 Å². The Bertz CT molecular complexity index is 731. The van der Waals surface area contributed by atoms with Gasteiger partial charge in [0.15, 0.2) is 0 Å². The molecule has 0 aliphatic rings. The first kappa shape index (κ1) is 16.0. The SMILES string of the molecule is COc1cccc(CN(C)S(=O)(=O)c2ccccc2Br)c1.